The summed E-state index contributed by atoms with van der Waals surface area (Å²) in [5.74, 6) is -0.683. The van der Waals surface area contributed by atoms with E-state index in [9.17, 15) is 14.0 Å². The van der Waals surface area contributed by atoms with Gasteiger partial charge in [-0.15, -0.1) is 11.3 Å². The van der Waals surface area contributed by atoms with Gasteiger partial charge in [-0.3, -0.25) is 9.88 Å². The highest BCUT2D eigenvalue weighted by molar-refractivity contribution is 7.23. The minimum atomic E-state index is -0.782. The van der Waals surface area contributed by atoms with Gasteiger partial charge in [0.05, 0.1) is 22.3 Å². The number of nitrogens with one attached hydrogen (secondary N) is 1. The number of anilines is 2. The standard InChI is InChI=1S/C31H31F3N8OS/c32-16-5-8-41(11-16)14-31(6-7-31)15-43-30-39-26-21(29(40-30)42-12-17-1-2-18(13-42)38-17)10-37-25(24(26)34)19-3-4-22(33)27-23(19)20(9-35)28(36)44-27/h3-4,10,16-18,38H,1-2,5-8,11-15,36H2/t16-,17?,18?/m1/s1. The van der Waals surface area contributed by atoms with E-state index in [-0.39, 0.29) is 48.9 Å². The topological polar surface area (TPSA) is 116 Å². The van der Waals surface area contributed by atoms with Crippen molar-refractivity contribution in [2.45, 2.75) is 50.4 Å². The number of benzene rings is 1. The molecule has 8 rings (SSSR count). The van der Waals surface area contributed by atoms with E-state index in [1.54, 1.807) is 6.20 Å². The fraction of sp³-hybridized carbons (Fsp3) is 0.484. The Kier molecular flexibility index (Phi) is 6.59. The number of halogens is 3. The number of thiophene rings is 1. The Labute approximate surface area is 255 Å². The molecule has 3 N–H and O–H groups in total. The lowest BCUT2D eigenvalue weighted by Crippen LogP contribution is -2.51. The van der Waals surface area contributed by atoms with Gasteiger partial charge >= 0.3 is 6.01 Å². The largest absolute Gasteiger partial charge is 0.463 e. The molecule has 0 radical (unpaired) electrons. The summed E-state index contributed by atoms with van der Waals surface area (Å²) < 4.78 is 51.6. The van der Waals surface area contributed by atoms with Crippen molar-refractivity contribution in [2.24, 2.45) is 5.41 Å². The van der Waals surface area contributed by atoms with Gasteiger partial charge in [0.2, 0.25) is 0 Å². The second-order valence-corrected chi connectivity index (χ2v) is 13.8. The second kappa shape index (κ2) is 10.4. The third kappa shape index (κ3) is 4.71. The molecule has 0 amide bonds. The van der Waals surface area contributed by atoms with Gasteiger partial charge in [0.25, 0.3) is 0 Å². The number of hydrogen-bond acceptors (Lipinski definition) is 10. The Hall–Kier alpha value is -3.73. The van der Waals surface area contributed by atoms with Crippen LogP contribution in [0.15, 0.2) is 18.3 Å². The summed E-state index contributed by atoms with van der Waals surface area (Å²) in [4.78, 5) is 18.2. The number of nitriles is 1. The molecular formula is C31H31F3N8OS. The summed E-state index contributed by atoms with van der Waals surface area (Å²) >= 11 is 0.952. The molecule has 3 saturated heterocycles. The molecule has 13 heteroatoms. The summed E-state index contributed by atoms with van der Waals surface area (Å²) in [6.07, 6.45) is 5.40. The molecule has 1 saturated carbocycles. The predicted molar refractivity (Wildman–Crippen MR) is 162 cm³/mol. The van der Waals surface area contributed by atoms with Gasteiger partial charge in [0.15, 0.2) is 5.82 Å². The number of fused-ring (bicyclic) bond motifs is 4. The fourth-order valence-corrected chi connectivity index (χ4v) is 8.08. The number of rotatable bonds is 7. The molecule has 4 aromatic rings. The van der Waals surface area contributed by atoms with Gasteiger partial charge in [-0.05, 0) is 44.2 Å². The number of alkyl halides is 1. The van der Waals surface area contributed by atoms with E-state index >= 15 is 4.39 Å². The molecule has 3 atom stereocenters. The molecule has 9 nitrogen and oxygen atoms in total. The zero-order chi connectivity index (χ0) is 30.2. The van der Waals surface area contributed by atoms with E-state index in [2.05, 4.69) is 25.1 Å². The first-order chi connectivity index (χ1) is 21.3. The van der Waals surface area contributed by atoms with Crippen molar-refractivity contribution in [1.29, 1.82) is 5.26 Å². The van der Waals surface area contributed by atoms with E-state index < -0.39 is 17.8 Å². The van der Waals surface area contributed by atoms with Crippen molar-refractivity contribution in [3.63, 3.8) is 0 Å². The molecule has 3 aromatic heterocycles. The average molecular weight is 621 g/mol. The Bertz CT molecular complexity index is 1830. The van der Waals surface area contributed by atoms with Crippen LogP contribution in [0.4, 0.5) is 24.0 Å². The van der Waals surface area contributed by atoms with Gasteiger partial charge in [-0.2, -0.15) is 15.2 Å². The summed E-state index contributed by atoms with van der Waals surface area (Å²) in [6, 6.07) is 5.40. The maximum atomic E-state index is 16.6. The number of nitrogens with two attached hydrogens (primary N) is 1. The van der Waals surface area contributed by atoms with Crippen molar-refractivity contribution >= 4 is 43.1 Å². The van der Waals surface area contributed by atoms with Crippen molar-refractivity contribution in [2.75, 3.05) is 50.0 Å². The summed E-state index contributed by atoms with van der Waals surface area (Å²) in [5, 5.41) is 14.2. The summed E-state index contributed by atoms with van der Waals surface area (Å²) in [5.41, 5.74) is 6.29. The first-order valence-corrected chi connectivity index (χ1v) is 15.9. The Morgan fingerprint density at radius 1 is 1.14 bits per heavy atom. The minimum absolute atomic E-state index is 0.0460. The first-order valence-electron chi connectivity index (χ1n) is 15.1. The third-order valence-electron chi connectivity index (χ3n) is 9.58. The molecule has 1 aromatic carbocycles. The predicted octanol–water partition coefficient (Wildman–Crippen LogP) is 4.78. The summed E-state index contributed by atoms with van der Waals surface area (Å²) in [7, 11) is 0. The van der Waals surface area contributed by atoms with Crippen LogP contribution >= 0.6 is 11.3 Å². The van der Waals surface area contributed by atoms with Crippen molar-refractivity contribution in [1.82, 2.24) is 25.2 Å². The minimum Gasteiger partial charge on any atom is -0.463 e. The molecular weight excluding hydrogens is 589 g/mol. The first kappa shape index (κ1) is 27.8. The highest BCUT2D eigenvalue weighted by Gasteiger charge is 2.46. The van der Waals surface area contributed by atoms with Crippen LogP contribution in [0.2, 0.25) is 0 Å². The Balaban J connectivity index is 1.21. The lowest BCUT2D eigenvalue weighted by atomic mass is 10.0. The van der Waals surface area contributed by atoms with Crippen LogP contribution in [0.1, 0.15) is 37.7 Å². The molecule has 2 unspecified atom stereocenters. The monoisotopic (exact) mass is 620 g/mol. The molecule has 4 aliphatic rings. The third-order valence-corrected chi connectivity index (χ3v) is 10.6. The van der Waals surface area contributed by atoms with Crippen LogP contribution in [-0.4, -0.2) is 77.4 Å². The van der Waals surface area contributed by atoms with Gasteiger partial charge in [-0.1, -0.05) is 0 Å². The van der Waals surface area contributed by atoms with E-state index in [1.165, 1.54) is 12.1 Å². The highest BCUT2D eigenvalue weighted by Crippen LogP contribution is 2.47. The SMILES string of the molecule is N#Cc1c(N)sc2c(F)ccc(-c3ncc4c(N5CC6CCC(C5)N6)nc(OCC5(CN6CC[C@@H](F)C6)CC5)nc4c3F)c12. The molecule has 228 valence electrons. The molecule has 3 aliphatic heterocycles. The number of piperazine rings is 1. The van der Waals surface area contributed by atoms with Gasteiger partial charge in [0.1, 0.15) is 40.1 Å². The van der Waals surface area contributed by atoms with Crippen molar-refractivity contribution in [3.8, 4) is 23.3 Å². The van der Waals surface area contributed by atoms with Crippen LogP contribution in [0.25, 0.3) is 32.2 Å². The molecule has 4 fully saturated rings. The average Bonchev–Trinajstić information content (AvgIpc) is 3.31. The number of nitrogen functional groups attached to an aromatic ring is 1. The van der Waals surface area contributed by atoms with Crippen molar-refractivity contribution < 1.29 is 17.9 Å². The number of aromatic nitrogens is 3. The number of nitrogens with zero attached hydrogens (tertiary/aromatic N) is 6. The van der Waals surface area contributed by atoms with Crippen LogP contribution in [0.5, 0.6) is 6.01 Å². The van der Waals surface area contributed by atoms with Crippen LogP contribution in [-0.2, 0) is 0 Å². The van der Waals surface area contributed by atoms with E-state index in [0.29, 0.717) is 55.9 Å². The summed E-state index contributed by atoms with van der Waals surface area (Å²) in [6.45, 7) is 3.73. The van der Waals surface area contributed by atoms with Crippen molar-refractivity contribution in [3.05, 3.63) is 35.5 Å². The molecule has 2 bridgehead atoms. The van der Waals surface area contributed by atoms with E-state index in [4.69, 9.17) is 15.5 Å². The van der Waals surface area contributed by atoms with Gasteiger partial charge in [0, 0.05) is 67.4 Å². The quantitative estimate of drug-likeness (QED) is 0.301. The fourth-order valence-electron chi connectivity index (χ4n) is 7.13. The lowest BCUT2D eigenvalue weighted by molar-refractivity contribution is 0.165. The second-order valence-electron chi connectivity index (χ2n) is 12.7. The Morgan fingerprint density at radius 2 is 1.93 bits per heavy atom. The van der Waals surface area contributed by atoms with E-state index in [1.807, 2.05) is 6.07 Å². The number of hydrogen-bond donors (Lipinski definition) is 2. The zero-order valence-electron chi connectivity index (χ0n) is 24.0. The van der Waals surface area contributed by atoms with Gasteiger partial charge in [-0.25, -0.2) is 13.2 Å². The molecule has 6 heterocycles. The maximum Gasteiger partial charge on any atom is 0.319 e. The van der Waals surface area contributed by atoms with E-state index in [0.717, 1.165) is 50.1 Å². The number of pyridine rings is 1. The maximum absolute atomic E-state index is 16.6. The van der Waals surface area contributed by atoms with Crippen LogP contribution < -0.4 is 20.7 Å². The molecule has 0 spiro atoms. The molecule has 44 heavy (non-hydrogen) atoms. The lowest BCUT2D eigenvalue weighted by Gasteiger charge is -2.34. The van der Waals surface area contributed by atoms with Gasteiger partial charge < -0.3 is 20.7 Å². The zero-order valence-corrected chi connectivity index (χ0v) is 24.8. The van der Waals surface area contributed by atoms with Crippen LogP contribution in [0, 0.1) is 28.4 Å². The number of ether oxygens (including phenoxy) is 1. The molecule has 1 aliphatic carbocycles. The normalized spacial score (nSPS) is 24.3. The Morgan fingerprint density at radius 3 is 2.64 bits per heavy atom. The highest BCUT2D eigenvalue weighted by atomic mass is 32.1. The van der Waals surface area contributed by atoms with Crippen LogP contribution in [0.3, 0.4) is 0 Å². The number of likely N-dealkylation sites (tertiary alicyclic amines) is 1. The smallest absolute Gasteiger partial charge is 0.319 e.